The number of nitrogens with zero attached hydrogens (tertiary/aromatic N) is 6. The highest BCUT2D eigenvalue weighted by Gasteiger charge is 2.23. The summed E-state index contributed by atoms with van der Waals surface area (Å²) in [4.78, 5) is 41.6. The van der Waals surface area contributed by atoms with Crippen molar-refractivity contribution in [3.63, 3.8) is 0 Å². The third-order valence-corrected chi connectivity index (χ3v) is 9.54. The fourth-order valence-electron chi connectivity index (χ4n) is 6.34. The number of aromatic nitrogens is 5. The van der Waals surface area contributed by atoms with Crippen molar-refractivity contribution in [1.82, 2.24) is 34.9 Å². The molecule has 13 heteroatoms. The Morgan fingerprint density at radius 3 is 2.35 bits per heavy atom. The zero-order valence-electron chi connectivity index (χ0n) is 31.8. The molecule has 4 N–H and O–H groups in total. The number of likely N-dealkylation sites (tertiary alicyclic amines) is 1. The zero-order chi connectivity index (χ0) is 38.5. The molecule has 4 heterocycles. The molecule has 1 fully saturated rings. The molecule has 282 valence electrons. The normalized spacial score (nSPS) is 13.7. The van der Waals surface area contributed by atoms with Gasteiger partial charge in [0.15, 0.2) is 0 Å². The molecule has 1 saturated heterocycles. The molecule has 55 heavy (non-hydrogen) atoms. The van der Waals surface area contributed by atoms with Crippen LogP contribution >= 0.6 is 0 Å². The van der Waals surface area contributed by atoms with Gasteiger partial charge >= 0.3 is 6.03 Å². The van der Waals surface area contributed by atoms with Crippen LogP contribution in [0.15, 0.2) is 97.5 Å². The summed E-state index contributed by atoms with van der Waals surface area (Å²) in [5.41, 5.74) is 4.43. The van der Waals surface area contributed by atoms with E-state index >= 15 is 0 Å². The summed E-state index contributed by atoms with van der Waals surface area (Å²) in [5, 5.41) is 18.8. The Morgan fingerprint density at radius 1 is 0.855 bits per heavy atom. The number of piperidine rings is 1. The zero-order valence-corrected chi connectivity index (χ0v) is 31.8. The number of amides is 3. The molecular weight excluding hydrogens is 693 g/mol. The van der Waals surface area contributed by atoms with Crippen molar-refractivity contribution in [2.45, 2.75) is 58.6 Å². The van der Waals surface area contributed by atoms with Crippen LogP contribution < -0.4 is 26.0 Å². The predicted octanol–water partition coefficient (Wildman–Crippen LogP) is 7.61. The minimum absolute atomic E-state index is 0.145. The molecule has 3 aromatic carbocycles. The number of carbonyl (C=O) groups excluding carboxylic acids is 2. The van der Waals surface area contributed by atoms with Gasteiger partial charge in [0.25, 0.3) is 5.91 Å². The lowest BCUT2D eigenvalue weighted by atomic mass is 9.92. The maximum Gasteiger partial charge on any atom is 0.324 e. The van der Waals surface area contributed by atoms with Crippen LogP contribution in [0.1, 0.15) is 60.9 Å². The SMILES string of the molecule is Cc1ccc(-n2nc(C(C)(C)C)cc2NC(=O)Nc2ccc(OCc3ccnc(Nc4cnc(C(=O)NC5CCN(C)CC5)cn4)c3)c3ccccc23)cc1. The van der Waals surface area contributed by atoms with E-state index in [2.05, 4.69) is 68.9 Å². The van der Waals surface area contributed by atoms with Gasteiger partial charge in [0.1, 0.15) is 35.5 Å². The Bertz CT molecular complexity index is 2290. The average molecular weight is 739 g/mol. The van der Waals surface area contributed by atoms with Crippen LogP contribution in [-0.2, 0) is 12.0 Å². The Hall–Kier alpha value is -6.34. The van der Waals surface area contributed by atoms with Crippen molar-refractivity contribution < 1.29 is 14.3 Å². The molecule has 3 aromatic heterocycles. The molecule has 0 unspecified atom stereocenters. The maximum atomic E-state index is 13.5. The van der Waals surface area contributed by atoms with Crippen molar-refractivity contribution in [2.24, 2.45) is 0 Å². The van der Waals surface area contributed by atoms with E-state index in [1.807, 2.05) is 85.8 Å². The summed E-state index contributed by atoms with van der Waals surface area (Å²) in [6.07, 6.45) is 6.52. The molecule has 0 bridgehead atoms. The second-order valence-corrected chi connectivity index (χ2v) is 14.9. The van der Waals surface area contributed by atoms with E-state index < -0.39 is 0 Å². The lowest BCUT2D eigenvalue weighted by molar-refractivity contribution is 0.0911. The molecule has 0 saturated carbocycles. The molecule has 0 radical (unpaired) electrons. The molecule has 1 aliphatic heterocycles. The van der Waals surface area contributed by atoms with Crippen LogP contribution in [0.5, 0.6) is 5.75 Å². The van der Waals surface area contributed by atoms with Crippen LogP contribution in [-0.4, -0.2) is 67.7 Å². The predicted molar refractivity (Wildman–Crippen MR) is 215 cm³/mol. The summed E-state index contributed by atoms with van der Waals surface area (Å²) >= 11 is 0. The van der Waals surface area contributed by atoms with Gasteiger partial charge in [-0.2, -0.15) is 5.10 Å². The van der Waals surface area contributed by atoms with E-state index in [1.165, 1.54) is 12.4 Å². The van der Waals surface area contributed by atoms with Crippen LogP contribution in [0.4, 0.5) is 27.9 Å². The van der Waals surface area contributed by atoms with Crippen LogP contribution in [0, 0.1) is 6.92 Å². The minimum atomic E-state index is -0.389. The molecule has 0 spiro atoms. The first-order chi connectivity index (χ1) is 26.5. The number of rotatable bonds is 10. The van der Waals surface area contributed by atoms with Gasteiger partial charge in [-0.15, -0.1) is 0 Å². The number of carbonyl (C=O) groups is 2. The van der Waals surface area contributed by atoms with E-state index in [1.54, 1.807) is 10.9 Å². The third kappa shape index (κ3) is 9.07. The Labute approximate surface area is 320 Å². The number of fused-ring (bicyclic) bond motifs is 1. The highest BCUT2D eigenvalue weighted by molar-refractivity contribution is 6.07. The highest BCUT2D eigenvalue weighted by Crippen LogP contribution is 2.33. The Balaban J connectivity index is 0.995. The van der Waals surface area contributed by atoms with E-state index in [9.17, 15) is 9.59 Å². The molecular formula is C42H46N10O3. The standard InChI is InChI=1S/C42H46N10O3/c1-27-10-12-30(13-11-27)52-39(23-36(50-52)42(2,3)4)49-41(54)47-33-14-15-35(32-9-7-6-8-31(32)33)55-26-28-16-19-43-37(22-28)48-38-25-44-34(24-45-38)40(53)46-29-17-20-51(5)21-18-29/h6-16,19,22-25,29H,17-18,20-21,26H2,1-5H3,(H,46,53)(H,43,45,48)(H2,47,49,54). The highest BCUT2D eigenvalue weighted by atomic mass is 16.5. The number of hydrogen-bond donors (Lipinski definition) is 4. The van der Waals surface area contributed by atoms with Crippen molar-refractivity contribution in [1.29, 1.82) is 0 Å². The quantitative estimate of drug-likeness (QED) is 0.111. The van der Waals surface area contributed by atoms with E-state index in [0.29, 0.717) is 28.9 Å². The molecule has 3 amide bonds. The second kappa shape index (κ2) is 15.9. The molecule has 7 rings (SSSR count). The van der Waals surface area contributed by atoms with Crippen molar-refractivity contribution in [3.05, 3.63) is 120 Å². The van der Waals surface area contributed by atoms with Gasteiger partial charge in [-0.3, -0.25) is 10.1 Å². The van der Waals surface area contributed by atoms with Crippen molar-refractivity contribution >= 4 is 45.9 Å². The van der Waals surface area contributed by atoms with E-state index in [0.717, 1.165) is 59.2 Å². The van der Waals surface area contributed by atoms with Gasteiger partial charge in [0.05, 0.1) is 29.5 Å². The summed E-state index contributed by atoms with van der Waals surface area (Å²) in [5.74, 6) is 2.04. The first-order valence-electron chi connectivity index (χ1n) is 18.4. The lowest BCUT2D eigenvalue weighted by Crippen LogP contribution is -2.43. The van der Waals surface area contributed by atoms with E-state index in [-0.39, 0.29) is 35.7 Å². The number of urea groups is 1. The molecule has 13 nitrogen and oxygen atoms in total. The topological polar surface area (TPSA) is 151 Å². The summed E-state index contributed by atoms with van der Waals surface area (Å²) in [6.45, 7) is 10.5. The van der Waals surface area contributed by atoms with Gasteiger partial charge in [0, 0.05) is 34.5 Å². The number of nitrogens with one attached hydrogen (secondary N) is 4. The fraction of sp³-hybridized carbons (Fsp3) is 0.286. The van der Waals surface area contributed by atoms with Crippen molar-refractivity contribution in [3.8, 4) is 11.4 Å². The average Bonchev–Trinajstić information content (AvgIpc) is 3.60. The van der Waals surface area contributed by atoms with Gasteiger partial charge in [0.2, 0.25) is 0 Å². The van der Waals surface area contributed by atoms with Crippen LogP contribution in [0.2, 0.25) is 0 Å². The summed E-state index contributed by atoms with van der Waals surface area (Å²) < 4.78 is 8.07. The van der Waals surface area contributed by atoms with Crippen LogP contribution in [0.3, 0.4) is 0 Å². The van der Waals surface area contributed by atoms with Crippen molar-refractivity contribution in [2.75, 3.05) is 36.1 Å². The van der Waals surface area contributed by atoms with Gasteiger partial charge in [-0.05, 0) is 81.9 Å². The fourth-order valence-corrected chi connectivity index (χ4v) is 6.34. The number of hydrogen-bond acceptors (Lipinski definition) is 9. The first-order valence-corrected chi connectivity index (χ1v) is 18.4. The third-order valence-electron chi connectivity index (χ3n) is 9.54. The second-order valence-electron chi connectivity index (χ2n) is 14.9. The minimum Gasteiger partial charge on any atom is -0.488 e. The smallest absolute Gasteiger partial charge is 0.324 e. The van der Waals surface area contributed by atoms with Gasteiger partial charge in [-0.1, -0.05) is 62.7 Å². The monoisotopic (exact) mass is 738 g/mol. The number of aryl methyl sites for hydroxylation is 1. The molecule has 1 aliphatic rings. The maximum absolute atomic E-state index is 13.5. The molecule has 6 aromatic rings. The Morgan fingerprint density at radius 2 is 1.62 bits per heavy atom. The lowest BCUT2D eigenvalue weighted by Gasteiger charge is -2.29. The summed E-state index contributed by atoms with van der Waals surface area (Å²) in [6, 6.07) is 24.9. The first kappa shape index (κ1) is 37.0. The number of anilines is 4. The largest absolute Gasteiger partial charge is 0.488 e. The molecule has 0 atom stereocenters. The molecule has 0 aliphatic carbocycles. The Kier molecular flexibility index (Phi) is 10.7. The van der Waals surface area contributed by atoms with Crippen LogP contribution in [0.25, 0.3) is 16.5 Å². The van der Waals surface area contributed by atoms with Gasteiger partial charge in [-0.25, -0.2) is 24.4 Å². The summed E-state index contributed by atoms with van der Waals surface area (Å²) in [7, 11) is 2.09. The number of ether oxygens (including phenoxy) is 1. The van der Waals surface area contributed by atoms with E-state index in [4.69, 9.17) is 9.84 Å². The van der Waals surface area contributed by atoms with Gasteiger partial charge < -0.3 is 25.6 Å². The number of pyridine rings is 1. The number of benzene rings is 3.